The molecule has 0 aliphatic carbocycles. The quantitative estimate of drug-likeness (QED) is 0.379. The second-order valence-electron chi connectivity index (χ2n) is 3.94. The van der Waals surface area contributed by atoms with E-state index in [1.165, 1.54) is 23.6 Å². The first-order chi connectivity index (χ1) is 10.6. The van der Waals surface area contributed by atoms with Crippen molar-refractivity contribution < 1.29 is 14.5 Å². The summed E-state index contributed by atoms with van der Waals surface area (Å²) in [4.78, 5) is 25.8. The maximum atomic E-state index is 11.5. The molecule has 0 saturated heterocycles. The predicted octanol–water partition coefficient (Wildman–Crippen LogP) is 2.67. The van der Waals surface area contributed by atoms with Crippen LogP contribution in [0.1, 0.15) is 23.0 Å². The van der Waals surface area contributed by atoms with Crippen molar-refractivity contribution in [2.24, 2.45) is 5.10 Å². The lowest BCUT2D eigenvalue weighted by atomic mass is 10.2. The molecule has 0 spiro atoms. The molecule has 0 unspecified atom stereocenters. The van der Waals surface area contributed by atoms with E-state index in [1.54, 1.807) is 30.5 Å². The Morgan fingerprint density at radius 1 is 1.55 bits per heavy atom. The third-order valence-corrected chi connectivity index (χ3v) is 3.23. The lowest BCUT2D eigenvalue weighted by molar-refractivity contribution is -0.385. The second-order valence-corrected chi connectivity index (χ2v) is 4.80. The van der Waals surface area contributed by atoms with E-state index in [9.17, 15) is 14.9 Å². The summed E-state index contributed by atoms with van der Waals surface area (Å²) in [6.07, 6.45) is 1.32. The van der Waals surface area contributed by atoms with Crippen molar-refractivity contribution in [3.8, 4) is 0 Å². The fraction of sp³-hybridized carbons (Fsp3) is 0.154. The van der Waals surface area contributed by atoms with E-state index in [1.807, 2.05) is 0 Å². The number of hydrazone groups is 1. The van der Waals surface area contributed by atoms with Gasteiger partial charge in [0.05, 0.1) is 23.3 Å². The Hall–Kier alpha value is -2.81. The topological polar surface area (TPSA) is 107 Å². The molecule has 0 atom stereocenters. The van der Waals surface area contributed by atoms with Crippen molar-refractivity contribution in [1.82, 2.24) is 4.98 Å². The van der Waals surface area contributed by atoms with Gasteiger partial charge in [-0.3, -0.25) is 15.5 Å². The number of carbonyl (C=O) groups is 1. The number of nitrogens with one attached hydrogen (secondary N) is 1. The van der Waals surface area contributed by atoms with Gasteiger partial charge in [0, 0.05) is 11.4 Å². The molecule has 0 fully saturated rings. The monoisotopic (exact) mass is 320 g/mol. The van der Waals surface area contributed by atoms with Gasteiger partial charge in [-0.1, -0.05) is 12.1 Å². The molecular formula is C13H12N4O4S. The van der Waals surface area contributed by atoms with Crippen molar-refractivity contribution in [2.45, 2.75) is 6.92 Å². The fourth-order valence-corrected chi connectivity index (χ4v) is 2.17. The number of nitro benzene ring substituents is 1. The van der Waals surface area contributed by atoms with Gasteiger partial charge in [0.25, 0.3) is 5.69 Å². The van der Waals surface area contributed by atoms with Gasteiger partial charge in [0.1, 0.15) is 0 Å². The number of rotatable bonds is 6. The smallest absolute Gasteiger partial charge is 0.357 e. The van der Waals surface area contributed by atoms with Gasteiger partial charge in [0.2, 0.25) is 5.13 Å². The van der Waals surface area contributed by atoms with Gasteiger partial charge in [-0.2, -0.15) is 5.10 Å². The molecule has 0 bridgehead atoms. The molecular weight excluding hydrogens is 308 g/mol. The van der Waals surface area contributed by atoms with Crippen LogP contribution >= 0.6 is 11.3 Å². The summed E-state index contributed by atoms with van der Waals surface area (Å²) in [7, 11) is 0. The minimum Gasteiger partial charge on any atom is -0.461 e. The number of ether oxygens (including phenoxy) is 1. The van der Waals surface area contributed by atoms with Gasteiger partial charge >= 0.3 is 5.97 Å². The zero-order valence-corrected chi connectivity index (χ0v) is 12.4. The van der Waals surface area contributed by atoms with E-state index in [2.05, 4.69) is 15.5 Å². The Bertz CT molecular complexity index is 714. The molecule has 0 aliphatic rings. The fourth-order valence-electron chi connectivity index (χ4n) is 1.54. The largest absolute Gasteiger partial charge is 0.461 e. The molecule has 1 aromatic carbocycles. The number of nitrogens with zero attached hydrogens (tertiary/aromatic N) is 3. The Kier molecular flexibility index (Phi) is 5.15. The van der Waals surface area contributed by atoms with Crippen molar-refractivity contribution in [1.29, 1.82) is 0 Å². The van der Waals surface area contributed by atoms with Crippen LogP contribution in [0.25, 0.3) is 0 Å². The summed E-state index contributed by atoms with van der Waals surface area (Å²) in [5, 5.41) is 16.7. The number of benzene rings is 1. The number of para-hydroxylation sites is 1. The molecule has 0 saturated carbocycles. The summed E-state index contributed by atoms with van der Waals surface area (Å²) in [6.45, 7) is 1.98. The maximum Gasteiger partial charge on any atom is 0.357 e. The Labute approximate surface area is 129 Å². The van der Waals surface area contributed by atoms with Crippen LogP contribution in [0.4, 0.5) is 10.8 Å². The Morgan fingerprint density at radius 3 is 3.05 bits per heavy atom. The van der Waals surface area contributed by atoms with E-state index < -0.39 is 10.9 Å². The van der Waals surface area contributed by atoms with Crippen LogP contribution in [0.2, 0.25) is 0 Å². The summed E-state index contributed by atoms with van der Waals surface area (Å²) in [5.74, 6) is -0.505. The number of carbonyl (C=O) groups excluding carboxylic acids is 1. The Morgan fingerprint density at radius 2 is 2.32 bits per heavy atom. The van der Waals surface area contributed by atoms with Crippen molar-refractivity contribution in [3.05, 3.63) is 51.0 Å². The van der Waals surface area contributed by atoms with Crippen LogP contribution < -0.4 is 5.43 Å². The standard InChI is InChI=1S/C13H12N4O4S/c1-2-21-12(18)10-8-22-13(15-10)16-14-7-9-5-3-4-6-11(9)17(19)20/h3-8H,2H2,1H3,(H,15,16). The molecule has 22 heavy (non-hydrogen) atoms. The average Bonchev–Trinajstić information content (AvgIpc) is 2.97. The predicted molar refractivity (Wildman–Crippen MR) is 82.4 cm³/mol. The average molecular weight is 320 g/mol. The highest BCUT2D eigenvalue weighted by molar-refractivity contribution is 7.13. The van der Waals surface area contributed by atoms with Crippen molar-refractivity contribution in [2.75, 3.05) is 12.0 Å². The minimum absolute atomic E-state index is 0.0422. The van der Waals surface area contributed by atoms with Crippen LogP contribution in [-0.4, -0.2) is 28.7 Å². The molecule has 0 radical (unpaired) electrons. The molecule has 2 aromatic rings. The molecule has 114 valence electrons. The summed E-state index contributed by atoms with van der Waals surface area (Å²) >= 11 is 1.18. The highest BCUT2D eigenvalue weighted by Crippen LogP contribution is 2.17. The normalized spacial score (nSPS) is 10.6. The maximum absolute atomic E-state index is 11.5. The number of thiazole rings is 1. The number of anilines is 1. The van der Waals surface area contributed by atoms with Gasteiger partial charge in [0.15, 0.2) is 5.69 Å². The van der Waals surface area contributed by atoms with E-state index in [-0.39, 0.29) is 18.0 Å². The lowest BCUT2D eigenvalue weighted by Crippen LogP contribution is -2.05. The van der Waals surface area contributed by atoms with E-state index in [0.717, 1.165) is 0 Å². The van der Waals surface area contributed by atoms with E-state index in [0.29, 0.717) is 10.7 Å². The number of nitro groups is 1. The Balaban J connectivity index is 2.04. The number of esters is 1. The molecule has 2 rings (SSSR count). The summed E-state index contributed by atoms with van der Waals surface area (Å²) in [6, 6.07) is 6.23. The minimum atomic E-state index is -0.505. The van der Waals surface area contributed by atoms with Crippen LogP contribution in [0.15, 0.2) is 34.7 Å². The SMILES string of the molecule is CCOC(=O)c1csc(NN=Cc2ccccc2[N+](=O)[O-])n1. The van der Waals surface area contributed by atoms with Gasteiger partial charge in [-0.05, 0) is 13.0 Å². The molecule has 1 aromatic heterocycles. The van der Waals surface area contributed by atoms with Gasteiger partial charge in [-0.25, -0.2) is 9.78 Å². The van der Waals surface area contributed by atoms with E-state index >= 15 is 0 Å². The molecule has 0 aliphatic heterocycles. The summed E-state index contributed by atoms with van der Waals surface area (Å²) < 4.78 is 4.82. The van der Waals surface area contributed by atoms with Crippen LogP contribution in [0, 0.1) is 10.1 Å². The third-order valence-electron chi connectivity index (χ3n) is 2.49. The first-order valence-electron chi connectivity index (χ1n) is 6.27. The van der Waals surface area contributed by atoms with Crippen molar-refractivity contribution >= 4 is 34.3 Å². The number of hydrogen-bond donors (Lipinski definition) is 1. The van der Waals surface area contributed by atoms with Crippen molar-refractivity contribution in [3.63, 3.8) is 0 Å². The van der Waals surface area contributed by atoms with E-state index in [4.69, 9.17) is 4.74 Å². The molecule has 8 nitrogen and oxygen atoms in total. The lowest BCUT2D eigenvalue weighted by Gasteiger charge is -1.97. The van der Waals surface area contributed by atoms with Gasteiger partial charge in [-0.15, -0.1) is 11.3 Å². The highest BCUT2D eigenvalue weighted by atomic mass is 32.1. The first-order valence-corrected chi connectivity index (χ1v) is 7.15. The molecule has 0 amide bonds. The molecule has 1 heterocycles. The first kappa shape index (κ1) is 15.6. The number of hydrogen-bond acceptors (Lipinski definition) is 8. The third kappa shape index (κ3) is 3.85. The van der Waals surface area contributed by atoms with Gasteiger partial charge < -0.3 is 4.74 Å². The van der Waals surface area contributed by atoms with Crippen LogP contribution in [0.3, 0.4) is 0 Å². The molecule has 9 heteroatoms. The van der Waals surface area contributed by atoms with Crippen LogP contribution in [0.5, 0.6) is 0 Å². The molecule has 1 N–H and O–H groups in total. The zero-order chi connectivity index (χ0) is 15.9. The van der Waals surface area contributed by atoms with Crippen LogP contribution in [-0.2, 0) is 4.74 Å². The zero-order valence-electron chi connectivity index (χ0n) is 11.6. The summed E-state index contributed by atoms with van der Waals surface area (Å²) in [5.41, 5.74) is 3.13. The highest BCUT2D eigenvalue weighted by Gasteiger charge is 2.12. The number of aromatic nitrogens is 1. The second kappa shape index (κ2) is 7.27.